The first-order chi connectivity index (χ1) is 12.1. The molecule has 4 N–H and O–H groups in total. The van der Waals surface area contributed by atoms with E-state index in [0.29, 0.717) is 18.2 Å². The van der Waals surface area contributed by atoms with Crippen molar-refractivity contribution in [2.75, 3.05) is 12.4 Å². The minimum atomic E-state index is -1.12. The van der Waals surface area contributed by atoms with Crippen LogP contribution >= 0.6 is 0 Å². The van der Waals surface area contributed by atoms with E-state index >= 15 is 0 Å². The molecule has 0 fully saturated rings. The number of ether oxygens (including phenoxy) is 1. The maximum atomic E-state index is 6.54. The number of guanidine groups is 1. The van der Waals surface area contributed by atoms with Crippen LogP contribution in [0.5, 0.6) is 0 Å². The van der Waals surface area contributed by atoms with Crippen molar-refractivity contribution in [1.82, 2.24) is 10.3 Å². The molecule has 2 unspecified atom stereocenters. The van der Waals surface area contributed by atoms with E-state index in [4.69, 9.17) is 10.5 Å². The fourth-order valence-electron chi connectivity index (χ4n) is 2.71. The van der Waals surface area contributed by atoms with Crippen LogP contribution in [0.15, 0.2) is 64.8 Å². The maximum absolute atomic E-state index is 6.54. The number of aromatic nitrogens is 1. The van der Waals surface area contributed by atoms with E-state index in [1.54, 1.807) is 19.5 Å². The average Bonchev–Trinajstić information content (AvgIpc) is 2.63. The second kappa shape index (κ2) is 7.42. The summed E-state index contributed by atoms with van der Waals surface area (Å²) in [6.07, 6.45) is 3.79. The van der Waals surface area contributed by atoms with E-state index < -0.39 is 5.79 Å². The number of methoxy groups -OCH3 is 1. The number of rotatable bonds is 5. The van der Waals surface area contributed by atoms with Crippen molar-refractivity contribution >= 4 is 17.5 Å². The number of aliphatic imine (C=N–C) groups is 2. The molecule has 3 rings (SSSR count). The Morgan fingerprint density at radius 1 is 1.20 bits per heavy atom. The standard InChI is InChI=1S/C18H22N6O/c1-3-15(25-2)18(19)23-16(13-7-5-4-6-8-13)22-17(24-18)21-14-9-11-20-12-10-14/h4-12,15H,3,19H2,1-2H3,(H2,20,21,22,23,24). The van der Waals surface area contributed by atoms with Gasteiger partial charge < -0.3 is 15.4 Å². The molecule has 2 heterocycles. The zero-order valence-corrected chi connectivity index (χ0v) is 14.3. The van der Waals surface area contributed by atoms with Crippen LogP contribution in [0.4, 0.5) is 5.69 Å². The van der Waals surface area contributed by atoms with Crippen molar-refractivity contribution in [1.29, 1.82) is 0 Å². The molecule has 7 nitrogen and oxygen atoms in total. The summed E-state index contributed by atoms with van der Waals surface area (Å²) < 4.78 is 5.54. The summed E-state index contributed by atoms with van der Waals surface area (Å²) >= 11 is 0. The van der Waals surface area contributed by atoms with E-state index in [-0.39, 0.29) is 6.10 Å². The third-order valence-corrected chi connectivity index (χ3v) is 3.96. The number of benzene rings is 1. The van der Waals surface area contributed by atoms with Crippen LogP contribution in [-0.4, -0.2) is 35.8 Å². The molecule has 0 saturated carbocycles. The van der Waals surface area contributed by atoms with Gasteiger partial charge in [-0.1, -0.05) is 37.3 Å². The summed E-state index contributed by atoms with van der Waals surface area (Å²) in [5.41, 5.74) is 8.30. The van der Waals surface area contributed by atoms with Gasteiger partial charge in [-0.05, 0) is 18.6 Å². The van der Waals surface area contributed by atoms with Crippen molar-refractivity contribution in [3.05, 3.63) is 60.4 Å². The normalized spacial score (nSPS) is 20.9. The Morgan fingerprint density at radius 3 is 2.56 bits per heavy atom. The van der Waals surface area contributed by atoms with Crippen LogP contribution < -0.4 is 16.4 Å². The number of hydrogen-bond acceptors (Lipinski definition) is 7. The average molecular weight is 338 g/mol. The molecule has 0 amide bonds. The molecule has 1 aromatic carbocycles. The van der Waals surface area contributed by atoms with Gasteiger partial charge in [-0.2, -0.15) is 4.99 Å². The lowest BCUT2D eigenvalue weighted by Gasteiger charge is -2.37. The molecule has 1 aliphatic heterocycles. The lowest BCUT2D eigenvalue weighted by Crippen LogP contribution is -2.65. The molecule has 0 saturated heterocycles. The molecule has 2 atom stereocenters. The first-order valence-electron chi connectivity index (χ1n) is 8.15. The summed E-state index contributed by atoms with van der Waals surface area (Å²) in [7, 11) is 1.63. The molecule has 0 radical (unpaired) electrons. The topological polar surface area (TPSA) is 96.9 Å². The molecule has 7 heteroatoms. The van der Waals surface area contributed by atoms with E-state index in [0.717, 1.165) is 11.3 Å². The number of hydrogen-bond donors (Lipinski definition) is 3. The largest absolute Gasteiger partial charge is 0.375 e. The predicted octanol–water partition coefficient (Wildman–Crippen LogP) is 1.94. The van der Waals surface area contributed by atoms with Crippen LogP contribution in [0.1, 0.15) is 18.9 Å². The number of nitrogens with one attached hydrogen (secondary N) is 2. The molecule has 25 heavy (non-hydrogen) atoms. The Labute approximate surface area is 147 Å². The second-order valence-electron chi connectivity index (χ2n) is 5.71. The molecule has 130 valence electrons. The highest BCUT2D eigenvalue weighted by atomic mass is 16.5. The zero-order valence-electron chi connectivity index (χ0n) is 14.3. The number of amidine groups is 1. The fraction of sp³-hybridized carbons (Fsp3) is 0.278. The highest BCUT2D eigenvalue weighted by Crippen LogP contribution is 2.19. The Morgan fingerprint density at radius 2 is 1.92 bits per heavy atom. The summed E-state index contributed by atoms with van der Waals surface area (Å²) in [6, 6.07) is 13.5. The monoisotopic (exact) mass is 338 g/mol. The van der Waals surface area contributed by atoms with E-state index in [2.05, 4.69) is 25.6 Å². The minimum absolute atomic E-state index is 0.309. The Balaban J connectivity index is 1.98. The smallest absolute Gasteiger partial charge is 0.228 e. The molecular weight excluding hydrogens is 316 g/mol. The van der Waals surface area contributed by atoms with Crippen molar-refractivity contribution in [2.45, 2.75) is 25.2 Å². The number of anilines is 1. The molecule has 2 aromatic rings. The molecule has 1 aliphatic rings. The van der Waals surface area contributed by atoms with E-state index in [1.807, 2.05) is 49.4 Å². The summed E-state index contributed by atoms with van der Waals surface area (Å²) in [5.74, 6) is -0.0573. The van der Waals surface area contributed by atoms with Gasteiger partial charge in [0.05, 0.1) is 0 Å². The molecule has 1 aromatic heterocycles. The van der Waals surface area contributed by atoms with E-state index in [1.165, 1.54) is 0 Å². The third kappa shape index (κ3) is 3.84. The summed E-state index contributed by atoms with van der Waals surface area (Å²) in [5, 5.41) is 6.41. The van der Waals surface area contributed by atoms with Gasteiger partial charge in [0.15, 0.2) is 0 Å². The van der Waals surface area contributed by atoms with Crippen molar-refractivity contribution < 1.29 is 4.74 Å². The maximum Gasteiger partial charge on any atom is 0.228 e. The molecule has 0 spiro atoms. The number of nitrogens with two attached hydrogens (primary N) is 1. The van der Waals surface area contributed by atoms with Gasteiger partial charge in [0, 0.05) is 30.8 Å². The Bertz CT molecular complexity index is 758. The van der Waals surface area contributed by atoms with E-state index in [9.17, 15) is 0 Å². The number of nitrogens with zero attached hydrogens (tertiary/aromatic N) is 3. The lowest BCUT2D eigenvalue weighted by atomic mass is 10.1. The van der Waals surface area contributed by atoms with Gasteiger partial charge in [0.2, 0.25) is 11.7 Å². The highest BCUT2D eigenvalue weighted by molar-refractivity contribution is 6.10. The zero-order chi connectivity index (χ0) is 17.7. The second-order valence-corrected chi connectivity index (χ2v) is 5.71. The quantitative estimate of drug-likeness (QED) is 0.774. The number of pyridine rings is 1. The molecule has 0 bridgehead atoms. The van der Waals surface area contributed by atoms with Gasteiger partial charge >= 0.3 is 0 Å². The SMILES string of the molecule is CCC(OC)C1(N)N=C(Nc2ccncc2)N=C(c2ccccc2)N1. The van der Waals surface area contributed by atoms with Crippen molar-refractivity contribution in [3.8, 4) is 0 Å². The minimum Gasteiger partial charge on any atom is -0.375 e. The van der Waals surface area contributed by atoms with Gasteiger partial charge in [-0.3, -0.25) is 10.7 Å². The van der Waals surface area contributed by atoms with Gasteiger partial charge in [0.1, 0.15) is 11.9 Å². The van der Waals surface area contributed by atoms with Gasteiger partial charge in [-0.25, -0.2) is 4.99 Å². The molecule has 0 aliphatic carbocycles. The van der Waals surface area contributed by atoms with Crippen LogP contribution in [0.25, 0.3) is 0 Å². The van der Waals surface area contributed by atoms with Crippen molar-refractivity contribution in [3.63, 3.8) is 0 Å². The van der Waals surface area contributed by atoms with Gasteiger partial charge in [0.25, 0.3) is 0 Å². The third-order valence-electron chi connectivity index (χ3n) is 3.96. The highest BCUT2D eigenvalue weighted by Gasteiger charge is 2.38. The Hall–Kier alpha value is -2.77. The lowest BCUT2D eigenvalue weighted by molar-refractivity contribution is 0.0281. The Kier molecular flexibility index (Phi) is 5.06. The summed E-state index contributed by atoms with van der Waals surface area (Å²) in [6.45, 7) is 2.00. The van der Waals surface area contributed by atoms with Crippen LogP contribution in [0.3, 0.4) is 0 Å². The summed E-state index contributed by atoms with van der Waals surface area (Å²) in [4.78, 5) is 13.2. The van der Waals surface area contributed by atoms with Crippen LogP contribution in [0.2, 0.25) is 0 Å². The van der Waals surface area contributed by atoms with Gasteiger partial charge in [-0.15, -0.1) is 0 Å². The van der Waals surface area contributed by atoms with Crippen LogP contribution in [0, 0.1) is 0 Å². The fourth-order valence-corrected chi connectivity index (χ4v) is 2.71. The molecular formula is C18H22N6O. The van der Waals surface area contributed by atoms with Crippen LogP contribution in [-0.2, 0) is 4.74 Å². The van der Waals surface area contributed by atoms with Crippen molar-refractivity contribution in [2.24, 2.45) is 15.7 Å². The first-order valence-corrected chi connectivity index (χ1v) is 8.15. The first kappa shape index (κ1) is 17.1. The predicted molar refractivity (Wildman–Crippen MR) is 99.4 cm³/mol.